The van der Waals surface area contributed by atoms with Crippen molar-refractivity contribution in [1.82, 2.24) is 4.90 Å². The van der Waals surface area contributed by atoms with E-state index in [1.165, 1.54) is 25.7 Å². The van der Waals surface area contributed by atoms with Crippen molar-refractivity contribution in [2.75, 3.05) is 13.1 Å². The first-order valence-electron chi connectivity index (χ1n) is 12.3. The van der Waals surface area contributed by atoms with Gasteiger partial charge in [-0.15, -0.1) is 6.58 Å². The van der Waals surface area contributed by atoms with Crippen molar-refractivity contribution >= 4 is 0 Å². The molecule has 1 saturated heterocycles. The summed E-state index contributed by atoms with van der Waals surface area (Å²) in [6, 6.07) is 16.9. The van der Waals surface area contributed by atoms with Gasteiger partial charge >= 0.3 is 0 Å². The number of hydrogen-bond donors (Lipinski definition) is 2. The third kappa shape index (κ3) is 5.73. The van der Waals surface area contributed by atoms with Gasteiger partial charge in [-0.2, -0.15) is 0 Å². The van der Waals surface area contributed by atoms with Crippen LogP contribution in [0.4, 0.5) is 0 Å². The second-order valence-electron chi connectivity index (χ2n) is 9.45. The van der Waals surface area contributed by atoms with Crippen LogP contribution in [0, 0.1) is 5.92 Å². The maximum Gasteiger partial charge on any atom is 0.184 e. The Morgan fingerprint density at radius 1 is 1.00 bits per heavy atom. The van der Waals surface area contributed by atoms with Gasteiger partial charge in [0.05, 0.1) is 18.8 Å². The summed E-state index contributed by atoms with van der Waals surface area (Å²) in [7, 11) is 0. The van der Waals surface area contributed by atoms with E-state index in [0.29, 0.717) is 12.6 Å². The number of rotatable bonds is 9. The molecule has 4 atom stereocenters. The molecule has 2 aromatic rings. The summed E-state index contributed by atoms with van der Waals surface area (Å²) in [6.45, 7) is 8.53. The predicted octanol–water partition coefficient (Wildman–Crippen LogP) is 4.86. The minimum Gasteiger partial charge on any atom is -0.392 e. The number of benzene rings is 2. The molecule has 0 unspecified atom stereocenters. The minimum absolute atomic E-state index is 0.0287. The van der Waals surface area contributed by atoms with Gasteiger partial charge in [-0.3, -0.25) is 4.90 Å². The topological polar surface area (TPSA) is 68.0 Å². The molecule has 0 radical (unpaired) electrons. The van der Waals surface area contributed by atoms with Gasteiger partial charge in [0.25, 0.3) is 0 Å². The van der Waals surface area contributed by atoms with E-state index in [1.54, 1.807) is 0 Å². The Bertz CT molecular complexity index is 877. The first-order chi connectivity index (χ1) is 16.1. The standard InChI is InChI=1S/C28H38N2O3/c1-3-16-30(25-6-4-5-7-25)18-26-20(2)27(23-12-10-22(19-31)11-13-23)33-28(32-26)24-14-8-21(17-29)9-15-24/h3,8-15,20,25-28,31H,1,4-7,16-19,29H2,2H3/t20-,26+,27+,28+/m1/s1. The maximum absolute atomic E-state index is 9.45. The molecule has 0 bridgehead atoms. The van der Waals surface area contributed by atoms with Crippen molar-refractivity contribution in [2.24, 2.45) is 11.7 Å². The highest BCUT2D eigenvalue weighted by Gasteiger charge is 2.40. The Balaban J connectivity index is 1.60. The summed E-state index contributed by atoms with van der Waals surface area (Å²) in [5, 5.41) is 9.45. The predicted molar refractivity (Wildman–Crippen MR) is 131 cm³/mol. The Morgan fingerprint density at radius 3 is 2.24 bits per heavy atom. The van der Waals surface area contributed by atoms with E-state index in [1.807, 2.05) is 30.3 Å². The number of nitrogens with zero attached hydrogens (tertiary/aromatic N) is 1. The van der Waals surface area contributed by atoms with Gasteiger partial charge in [0.15, 0.2) is 6.29 Å². The van der Waals surface area contributed by atoms with E-state index in [4.69, 9.17) is 15.2 Å². The normalized spacial score (nSPS) is 26.1. The molecule has 1 heterocycles. The van der Waals surface area contributed by atoms with Crippen molar-refractivity contribution < 1.29 is 14.6 Å². The average Bonchev–Trinajstić information content (AvgIpc) is 3.40. The summed E-state index contributed by atoms with van der Waals surface area (Å²) in [6.07, 6.45) is 6.62. The van der Waals surface area contributed by atoms with Crippen LogP contribution in [0.15, 0.2) is 61.2 Å². The van der Waals surface area contributed by atoms with Gasteiger partial charge in [-0.25, -0.2) is 0 Å². The fourth-order valence-corrected chi connectivity index (χ4v) is 5.18. The lowest BCUT2D eigenvalue weighted by Gasteiger charge is -2.43. The zero-order chi connectivity index (χ0) is 23.2. The lowest BCUT2D eigenvalue weighted by Crippen LogP contribution is -2.47. The van der Waals surface area contributed by atoms with Crippen LogP contribution < -0.4 is 5.73 Å². The second kappa shape index (κ2) is 11.4. The molecule has 178 valence electrons. The molecule has 5 nitrogen and oxygen atoms in total. The molecule has 33 heavy (non-hydrogen) atoms. The molecule has 5 heteroatoms. The minimum atomic E-state index is -0.435. The summed E-state index contributed by atoms with van der Waals surface area (Å²) in [4.78, 5) is 2.55. The van der Waals surface area contributed by atoms with Crippen LogP contribution in [-0.2, 0) is 22.6 Å². The third-order valence-electron chi connectivity index (χ3n) is 7.23. The van der Waals surface area contributed by atoms with Gasteiger partial charge in [-0.1, -0.05) is 74.4 Å². The summed E-state index contributed by atoms with van der Waals surface area (Å²) >= 11 is 0. The van der Waals surface area contributed by atoms with Crippen LogP contribution in [0.2, 0.25) is 0 Å². The molecular weight excluding hydrogens is 412 g/mol. The van der Waals surface area contributed by atoms with Crippen molar-refractivity contribution in [3.05, 3.63) is 83.4 Å². The lowest BCUT2D eigenvalue weighted by molar-refractivity contribution is -0.276. The van der Waals surface area contributed by atoms with Gasteiger partial charge in [-0.05, 0) is 29.5 Å². The van der Waals surface area contributed by atoms with Crippen molar-refractivity contribution in [2.45, 2.75) is 70.3 Å². The van der Waals surface area contributed by atoms with Crippen LogP contribution in [0.25, 0.3) is 0 Å². The Hall–Kier alpha value is -2.02. The third-order valence-corrected chi connectivity index (χ3v) is 7.23. The van der Waals surface area contributed by atoms with Gasteiger partial charge < -0.3 is 20.3 Å². The van der Waals surface area contributed by atoms with E-state index < -0.39 is 6.29 Å². The fraction of sp³-hybridized carbons (Fsp3) is 0.500. The monoisotopic (exact) mass is 450 g/mol. The summed E-state index contributed by atoms with van der Waals surface area (Å²) < 4.78 is 13.2. The number of nitrogens with two attached hydrogens (primary N) is 1. The Kier molecular flexibility index (Phi) is 8.34. The zero-order valence-corrected chi connectivity index (χ0v) is 19.7. The van der Waals surface area contributed by atoms with Gasteiger partial charge in [0.2, 0.25) is 0 Å². The molecular formula is C28H38N2O3. The smallest absolute Gasteiger partial charge is 0.184 e. The number of hydrogen-bond acceptors (Lipinski definition) is 5. The molecule has 1 aliphatic carbocycles. The van der Waals surface area contributed by atoms with Crippen LogP contribution >= 0.6 is 0 Å². The maximum atomic E-state index is 9.45. The molecule has 3 N–H and O–H groups in total. The highest BCUT2D eigenvalue weighted by Crippen LogP contribution is 2.42. The Labute approximate surface area is 198 Å². The average molecular weight is 451 g/mol. The van der Waals surface area contributed by atoms with Gasteiger partial charge in [0.1, 0.15) is 0 Å². The fourth-order valence-electron chi connectivity index (χ4n) is 5.18. The molecule has 1 saturated carbocycles. The molecule has 0 amide bonds. The first kappa shape index (κ1) is 24.1. The van der Waals surface area contributed by atoms with Crippen molar-refractivity contribution in [3.8, 4) is 0 Å². The Morgan fingerprint density at radius 2 is 1.64 bits per heavy atom. The van der Waals surface area contributed by atoms with E-state index >= 15 is 0 Å². The van der Waals surface area contributed by atoms with Crippen LogP contribution in [0.5, 0.6) is 0 Å². The number of ether oxygens (including phenoxy) is 2. The van der Waals surface area contributed by atoms with Crippen molar-refractivity contribution in [1.29, 1.82) is 0 Å². The SMILES string of the molecule is C=CCN(C[C@@H]1O[C@H](c2ccc(CN)cc2)O[C@H](c2ccc(CO)cc2)[C@@H]1C)C1CCCC1. The first-order valence-corrected chi connectivity index (χ1v) is 12.3. The molecule has 2 fully saturated rings. The van der Waals surface area contributed by atoms with Crippen LogP contribution in [-0.4, -0.2) is 35.2 Å². The van der Waals surface area contributed by atoms with E-state index in [-0.39, 0.29) is 24.7 Å². The molecule has 0 spiro atoms. The molecule has 4 rings (SSSR count). The van der Waals surface area contributed by atoms with E-state index in [9.17, 15) is 5.11 Å². The van der Waals surface area contributed by atoms with Crippen molar-refractivity contribution in [3.63, 3.8) is 0 Å². The molecule has 1 aliphatic heterocycles. The zero-order valence-electron chi connectivity index (χ0n) is 19.7. The van der Waals surface area contributed by atoms with E-state index in [2.05, 4.69) is 42.7 Å². The molecule has 2 aromatic carbocycles. The van der Waals surface area contributed by atoms with Gasteiger partial charge in [0, 0.05) is 37.2 Å². The van der Waals surface area contributed by atoms with Crippen LogP contribution in [0.1, 0.15) is 67.3 Å². The quantitative estimate of drug-likeness (QED) is 0.534. The molecule has 0 aromatic heterocycles. The number of aliphatic hydroxyl groups excluding tert-OH is 1. The largest absolute Gasteiger partial charge is 0.392 e. The molecule has 2 aliphatic rings. The highest BCUT2D eigenvalue weighted by atomic mass is 16.7. The summed E-state index contributed by atoms with van der Waals surface area (Å²) in [5.74, 6) is 0.179. The second-order valence-corrected chi connectivity index (χ2v) is 9.45. The number of aliphatic hydroxyl groups is 1. The highest BCUT2D eigenvalue weighted by molar-refractivity contribution is 5.27. The van der Waals surface area contributed by atoms with E-state index in [0.717, 1.165) is 35.3 Å². The lowest BCUT2D eigenvalue weighted by atomic mass is 9.89. The van der Waals surface area contributed by atoms with Crippen LogP contribution in [0.3, 0.4) is 0 Å². The summed E-state index contributed by atoms with van der Waals surface area (Å²) in [5.41, 5.74) is 9.92.